The molecule has 0 aromatic carbocycles. The van der Waals surface area contributed by atoms with Crippen molar-refractivity contribution in [3.8, 4) is 0 Å². The molecule has 14 heavy (non-hydrogen) atoms. The molecule has 0 fully saturated rings. The fraction of sp³-hybridized carbons (Fsp3) is 0.900. The second-order valence-corrected chi connectivity index (χ2v) is 3.61. The predicted molar refractivity (Wildman–Crippen MR) is 57.0 cm³/mol. The van der Waals surface area contributed by atoms with Crippen LogP contribution in [-0.4, -0.2) is 32.7 Å². The molecule has 1 unspecified atom stereocenters. The highest BCUT2D eigenvalue weighted by Gasteiger charge is 2.04. The minimum atomic E-state index is 0.112. The monoisotopic (exact) mass is 202 g/mol. The number of methoxy groups -OCH3 is 1. The zero-order chi connectivity index (χ0) is 10.8. The predicted octanol–water partition coefficient (Wildman–Crippen LogP) is 0.514. The molecular weight excluding hydrogens is 180 g/mol. The average Bonchev–Trinajstić information content (AvgIpc) is 2.16. The Bertz CT molecular complexity index is 151. The van der Waals surface area contributed by atoms with Gasteiger partial charge >= 0.3 is 0 Å². The molecule has 0 aliphatic carbocycles. The molecule has 1 atom stereocenters. The number of nitrogens with two attached hydrogens (primary N) is 1. The maximum atomic E-state index is 11.2. The van der Waals surface area contributed by atoms with E-state index >= 15 is 0 Å². The fourth-order valence-corrected chi connectivity index (χ4v) is 1.15. The van der Waals surface area contributed by atoms with Gasteiger partial charge in [0.25, 0.3) is 0 Å². The Kier molecular flexibility index (Phi) is 8.57. The van der Waals surface area contributed by atoms with Gasteiger partial charge in [0.15, 0.2) is 0 Å². The second-order valence-electron chi connectivity index (χ2n) is 3.61. The fourth-order valence-electron chi connectivity index (χ4n) is 1.15. The van der Waals surface area contributed by atoms with Gasteiger partial charge < -0.3 is 15.8 Å². The molecule has 1 amide bonds. The van der Waals surface area contributed by atoms with Crippen LogP contribution in [0.3, 0.4) is 0 Å². The van der Waals surface area contributed by atoms with Gasteiger partial charge in [0.05, 0.1) is 6.61 Å². The number of ether oxygens (including phenoxy) is 1. The van der Waals surface area contributed by atoms with Crippen molar-refractivity contribution < 1.29 is 9.53 Å². The Morgan fingerprint density at radius 2 is 2.21 bits per heavy atom. The molecule has 0 aromatic heterocycles. The van der Waals surface area contributed by atoms with E-state index in [-0.39, 0.29) is 5.91 Å². The number of carbonyl (C=O) groups excluding carboxylic acids is 1. The van der Waals surface area contributed by atoms with Gasteiger partial charge in [0.1, 0.15) is 0 Å². The summed E-state index contributed by atoms with van der Waals surface area (Å²) in [5, 5.41) is 2.87. The number of amides is 1. The molecule has 0 radical (unpaired) electrons. The molecule has 0 aliphatic heterocycles. The van der Waals surface area contributed by atoms with E-state index in [1.165, 1.54) is 0 Å². The van der Waals surface area contributed by atoms with Crippen LogP contribution in [0.5, 0.6) is 0 Å². The Balaban J connectivity index is 3.34. The normalized spacial score (nSPS) is 12.5. The highest BCUT2D eigenvalue weighted by atomic mass is 16.5. The van der Waals surface area contributed by atoms with Gasteiger partial charge in [-0.05, 0) is 25.3 Å². The van der Waals surface area contributed by atoms with Gasteiger partial charge in [-0.2, -0.15) is 0 Å². The van der Waals surface area contributed by atoms with Crippen molar-refractivity contribution in [3.05, 3.63) is 0 Å². The first kappa shape index (κ1) is 13.4. The Morgan fingerprint density at radius 3 is 2.79 bits per heavy atom. The van der Waals surface area contributed by atoms with E-state index in [9.17, 15) is 4.79 Å². The molecule has 0 bridgehead atoms. The quantitative estimate of drug-likeness (QED) is 0.564. The van der Waals surface area contributed by atoms with Crippen LogP contribution in [-0.2, 0) is 9.53 Å². The molecule has 0 aromatic rings. The maximum absolute atomic E-state index is 11.2. The van der Waals surface area contributed by atoms with Crippen molar-refractivity contribution in [2.45, 2.75) is 26.2 Å². The number of nitrogens with one attached hydrogen (secondary N) is 1. The molecule has 0 heterocycles. The lowest BCUT2D eigenvalue weighted by molar-refractivity contribution is -0.121. The van der Waals surface area contributed by atoms with Crippen LogP contribution in [0.2, 0.25) is 0 Å². The summed E-state index contributed by atoms with van der Waals surface area (Å²) < 4.78 is 4.97. The third-order valence-corrected chi connectivity index (χ3v) is 1.96. The SMILES string of the molecule is COCC(C)CNC(=O)CCCCN. The van der Waals surface area contributed by atoms with Crippen LogP contribution < -0.4 is 11.1 Å². The molecule has 4 heteroatoms. The minimum absolute atomic E-state index is 0.112. The largest absolute Gasteiger partial charge is 0.384 e. The summed E-state index contributed by atoms with van der Waals surface area (Å²) in [7, 11) is 1.67. The number of hydrogen-bond donors (Lipinski definition) is 2. The van der Waals surface area contributed by atoms with Gasteiger partial charge in [0.2, 0.25) is 5.91 Å². The number of hydrogen-bond acceptors (Lipinski definition) is 3. The van der Waals surface area contributed by atoms with Crippen LogP contribution in [0.15, 0.2) is 0 Å². The van der Waals surface area contributed by atoms with Crippen LogP contribution in [0.25, 0.3) is 0 Å². The van der Waals surface area contributed by atoms with E-state index in [0.717, 1.165) is 12.8 Å². The molecule has 0 rings (SSSR count). The Morgan fingerprint density at radius 1 is 1.50 bits per heavy atom. The van der Waals surface area contributed by atoms with Crippen LogP contribution in [0.1, 0.15) is 26.2 Å². The van der Waals surface area contributed by atoms with Crippen LogP contribution in [0, 0.1) is 5.92 Å². The number of rotatable bonds is 8. The van der Waals surface area contributed by atoms with Crippen molar-refractivity contribution in [1.29, 1.82) is 0 Å². The lowest BCUT2D eigenvalue weighted by Crippen LogP contribution is -2.29. The van der Waals surface area contributed by atoms with E-state index in [4.69, 9.17) is 10.5 Å². The van der Waals surface area contributed by atoms with Crippen molar-refractivity contribution >= 4 is 5.91 Å². The van der Waals surface area contributed by atoms with E-state index < -0.39 is 0 Å². The lowest BCUT2D eigenvalue weighted by Gasteiger charge is -2.11. The Labute approximate surface area is 86.2 Å². The van der Waals surface area contributed by atoms with Gasteiger partial charge in [-0.15, -0.1) is 0 Å². The van der Waals surface area contributed by atoms with Crippen molar-refractivity contribution in [3.63, 3.8) is 0 Å². The topological polar surface area (TPSA) is 64.3 Å². The summed E-state index contributed by atoms with van der Waals surface area (Å²) in [4.78, 5) is 11.2. The summed E-state index contributed by atoms with van der Waals surface area (Å²) in [5.74, 6) is 0.486. The van der Waals surface area contributed by atoms with E-state index in [0.29, 0.717) is 32.0 Å². The average molecular weight is 202 g/mol. The first-order valence-electron chi connectivity index (χ1n) is 5.16. The molecule has 0 aliphatic rings. The highest BCUT2D eigenvalue weighted by Crippen LogP contribution is 1.95. The molecular formula is C10H22N2O2. The van der Waals surface area contributed by atoms with Gasteiger partial charge in [0, 0.05) is 20.1 Å². The minimum Gasteiger partial charge on any atom is -0.384 e. The molecule has 4 nitrogen and oxygen atoms in total. The number of unbranched alkanes of at least 4 members (excludes halogenated alkanes) is 1. The zero-order valence-electron chi connectivity index (χ0n) is 9.21. The van der Waals surface area contributed by atoms with Crippen molar-refractivity contribution in [1.82, 2.24) is 5.32 Å². The van der Waals surface area contributed by atoms with Crippen LogP contribution >= 0.6 is 0 Å². The highest BCUT2D eigenvalue weighted by molar-refractivity contribution is 5.75. The van der Waals surface area contributed by atoms with Gasteiger partial charge in [-0.25, -0.2) is 0 Å². The third kappa shape index (κ3) is 8.01. The van der Waals surface area contributed by atoms with Crippen molar-refractivity contribution in [2.24, 2.45) is 11.7 Å². The summed E-state index contributed by atoms with van der Waals surface area (Å²) >= 11 is 0. The molecule has 3 N–H and O–H groups in total. The van der Waals surface area contributed by atoms with Crippen LogP contribution in [0.4, 0.5) is 0 Å². The van der Waals surface area contributed by atoms with Gasteiger partial charge in [-0.3, -0.25) is 4.79 Å². The third-order valence-electron chi connectivity index (χ3n) is 1.96. The Hall–Kier alpha value is -0.610. The molecule has 84 valence electrons. The molecule has 0 saturated carbocycles. The first-order chi connectivity index (χ1) is 6.70. The van der Waals surface area contributed by atoms with E-state index in [2.05, 4.69) is 5.32 Å². The summed E-state index contributed by atoms with van der Waals surface area (Å²) in [6.45, 7) is 4.08. The lowest BCUT2D eigenvalue weighted by atomic mass is 10.2. The molecule has 0 spiro atoms. The van der Waals surface area contributed by atoms with Crippen molar-refractivity contribution in [2.75, 3.05) is 26.8 Å². The summed E-state index contributed by atoms with van der Waals surface area (Å²) in [6, 6.07) is 0. The first-order valence-corrected chi connectivity index (χ1v) is 5.16. The van der Waals surface area contributed by atoms with Gasteiger partial charge in [-0.1, -0.05) is 6.92 Å². The van der Waals surface area contributed by atoms with E-state index in [1.54, 1.807) is 7.11 Å². The zero-order valence-corrected chi connectivity index (χ0v) is 9.21. The molecule has 0 saturated heterocycles. The standard InChI is InChI=1S/C10H22N2O2/c1-9(8-14-2)7-12-10(13)5-3-4-6-11/h9H,3-8,11H2,1-2H3,(H,12,13). The summed E-state index contributed by atoms with van der Waals surface area (Å²) in [5.41, 5.74) is 5.33. The summed E-state index contributed by atoms with van der Waals surface area (Å²) in [6.07, 6.45) is 2.37. The second kappa shape index (κ2) is 8.97. The smallest absolute Gasteiger partial charge is 0.220 e. The number of carbonyl (C=O) groups is 1. The maximum Gasteiger partial charge on any atom is 0.220 e. The van der Waals surface area contributed by atoms with E-state index in [1.807, 2.05) is 6.92 Å².